The number of likely N-dealkylation sites (N-methyl/N-ethyl adjacent to an activating group) is 1. The molecule has 0 fully saturated rings. The normalized spacial score (nSPS) is 10.1. The second kappa shape index (κ2) is 6.44. The molecule has 0 aliphatic heterocycles. The van der Waals surface area contributed by atoms with E-state index in [0.29, 0.717) is 23.4 Å². The Balaban J connectivity index is 2.67. The molecule has 1 rings (SSSR count). The van der Waals surface area contributed by atoms with Crippen LogP contribution < -0.4 is 10.1 Å². The second-order valence-electron chi connectivity index (χ2n) is 3.07. The van der Waals surface area contributed by atoms with E-state index in [9.17, 15) is 10.1 Å². The number of ether oxygens (including phenoxy) is 1. The largest absolute Gasteiger partial charge is 0.485 e. The van der Waals surface area contributed by atoms with E-state index >= 15 is 0 Å². The van der Waals surface area contributed by atoms with E-state index in [1.54, 1.807) is 12.1 Å². The lowest BCUT2D eigenvalue weighted by atomic mass is 10.3. The molecular weight excluding hydrogens is 276 g/mol. The zero-order valence-electron chi connectivity index (χ0n) is 8.90. The highest BCUT2D eigenvalue weighted by molar-refractivity contribution is 9.10. The summed E-state index contributed by atoms with van der Waals surface area (Å²) in [7, 11) is 0. The van der Waals surface area contributed by atoms with Crippen LogP contribution in [0, 0.1) is 10.1 Å². The zero-order chi connectivity index (χ0) is 12.0. The van der Waals surface area contributed by atoms with Gasteiger partial charge in [-0.05, 0) is 18.7 Å². The molecule has 0 saturated carbocycles. The Labute approximate surface area is 102 Å². The lowest BCUT2D eigenvalue weighted by Gasteiger charge is -2.07. The van der Waals surface area contributed by atoms with Crippen LogP contribution in [-0.2, 0) is 0 Å². The summed E-state index contributed by atoms with van der Waals surface area (Å²) in [5.74, 6) is 0.297. The zero-order valence-corrected chi connectivity index (χ0v) is 10.5. The van der Waals surface area contributed by atoms with E-state index < -0.39 is 4.92 Å². The fourth-order valence-electron chi connectivity index (χ4n) is 1.17. The van der Waals surface area contributed by atoms with Gasteiger partial charge in [0.15, 0.2) is 5.75 Å². The summed E-state index contributed by atoms with van der Waals surface area (Å²) < 4.78 is 6.00. The highest BCUT2D eigenvalue weighted by Gasteiger charge is 2.14. The third-order valence-corrected chi connectivity index (χ3v) is 2.40. The Morgan fingerprint density at radius 1 is 1.56 bits per heavy atom. The maximum absolute atomic E-state index is 10.8. The number of nitrogens with zero attached hydrogens (tertiary/aromatic N) is 1. The molecule has 1 aromatic rings. The molecule has 0 aliphatic rings. The van der Waals surface area contributed by atoms with Crippen LogP contribution in [0.25, 0.3) is 0 Å². The van der Waals surface area contributed by atoms with Crippen LogP contribution in [0.5, 0.6) is 5.75 Å². The van der Waals surface area contributed by atoms with Crippen molar-refractivity contribution in [3.05, 3.63) is 32.8 Å². The van der Waals surface area contributed by atoms with Gasteiger partial charge in [0.05, 0.1) is 4.92 Å². The van der Waals surface area contributed by atoms with Gasteiger partial charge in [-0.2, -0.15) is 0 Å². The number of rotatable bonds is 6. The molecule has 0 aromatic heterocycles. The van der Waals surface area contributed by atoms with Crippen molar-refractivity contribution in [3.8, 4) is 5.75 Å². The van der Waals surface area contributed by atoms with Crippen molar-refractivity contribution < 1.29 is 9.66 Å². The van der Waals surface area contributed by atoms with E-state index in [1.165, 1.54) is 6.07 Å². The van der Waals surface area contributed by atoms with Gasteiger partial charge in [-0.25, -0.2) is 0 Å². The molecule has 16 heavy (non-hydrogen) atoms. The number of nitrogens with one attached hydrogen (secondary N) is 1. The molecule has 1 aromatic carbocycles. The minimum absolute atomic E-state index is 0.0223. The summed E-state index contributed by atoms with van der Waals surface area (Å²) in [5, 5.41) is 13.8. The first-order chi connectivity index (χ1) is 7.65. The van der Waals surface area contributed by atoms with Gasteiger partial charge in [0, 0.05) is 17.1 Å². The van der Waals surface area contributed by atoms with Crippen molar-refractivity contribution in [1.82, 2.24) is 5.32 Å². The number of hydrogen-bond acceptors (Lipinski definition) is 4. The fraction of sp³-hybridized carbons (Fsp3) is 0.400. The van der Waals surface area contributed by atoms with Crippen molar-refractivity contribution in [2.75, 3.05) is 19.7 Å². The van der Waals surface area contributed by atoms with E-state index in [1.807, 2.05) is 6.92 Å². The molecule has 0 amide bonds. The van der Waals surface area contributed by atoms with Crippen LogP contribution in [0.3, 0.4) is 0 Å². The lowest BCUT2D eigenvalue weighted by Crippen LogP contribution is -2.20. The average molecular weight is 289 g/mol. The van der Waals surface area contributed by atoms with Gasteiger partial charge in [-0.15, -0.1) is 0 Å². The third kappa shape index (κ3) is 3.79. The summed E-state index contributed by atoms with van der Waals surface area (Å²) in [6.45, 7) is 3.92. The Bertz CT molecular complexity index is 371. The molecule has 6 heteroatoms. The van der Waals surface area contributed by atoms with E-state index in [2.05, 4.69) is 21.2 Å². The van der Waals surface area contributed by atoms with E-state index in [-0.39, 0.29) is 5.69 Å². The van der Waals surface area contributed by atoms with Crippen LogP contribution in [-0.4, -0.2) is 24.6 Å². The smallest absolute Gasteiger partial charge is 0.312 e. The van der Waals surface area contributed by atoms with Crippen LogP contribution in [0.1, 0.15) is 6.92 Å². The van der Waals surface area contributed by atoms with Gasteiger partial charge in [0.1, 0.15) is 6.61 Å². The second-order valence-corrected chi connectivity index (χ2v) is 3.99. The van der Waals surface area contributed by atoms with Crippen molar-refractivity contribution >= 4 is 21.6 Å². The molecular formula is C10H13BrN2O3. The predicted octanol–water partition coefficient (Wildman–Crippen LogP) is 2.35. The summed E-state index contributed by atoms with van der Waals surface area (Å²) in [5.41, 5.74) is -0.0223. The Morgan fingerprint density at radius 2 is 2.31 bits per heavy atom. The first-order valence-electron chi connectivity index (χ1n) is 4.92. The highest BCUT2D eigenvalue weighted by Crippen LogP contribution is 2.29. The van der Waals surface area contributed by atoms with Gasteiger partial charge in [0.25, 0.3) is 0 Å². The molecule has 0 radical (unpaired) electrons. The minimum Gasteiger partial charge on any atom is -0.485 e. The topological polar surface area (TPSA) is 64.4 Å². The summed E-state index contributed by atoms with van der Waals surface area (Å²) >= 11 is 3.19. The van der Waals surface area contributed by atoms with E-state index in [0.717, 1.165) is 6.54 Å². The van der Waals surface area contributed by atoms with Gasteiger partial charge >= 0.3 is 5.69 Å². The molecule has 1 N–H and O–H groups in total. The van der Waals surface area contributed by atoms with Crippen LogP contribution >= 0.6 is 15.9 Å². The van der Waals surface area contributed by atoms with Crippen molar-refractivity contribution in [2.45, 2.75) is 6.92 Å². The number of nitro groups is 1. The molecule has 0 saturated heterocycles. The first kappa shape index (κ1) is 12.9. The monoisotopic (exact) mass is 288 g/mol. The van der Waals surface area contributed by atoms with Crippen LogP contribution in [0.2, 0.25) is 0 Å². The van der Waals surface area contributed by atoms with Gasteiger partial charge in [-0.3, -0.25) is 10.1 Å². The molecule has 0 unspecified atom stereocenters. The lowest BCUT2D eigenvalue weighted by molar-refractivity contribution is -0.385. The Morgan fingerprint density at radius 3 is 2.94 bits per heavy atom. The molecule has 5 nitrogen and oxygen atoms in total. The van der Waals surface area contributed by atoms with E-state index in [4.69, 9.17) is 4.74 Å². The van der Waals surface area contributed by atoms with Gasteiger partial charge in [-0.1, -0.05) is 22.9 Å². The van der Waals surface area contributed by atoms with Gasteiger partial charge in [0.2, 0.25) is 0 Å². The van der Waals surface area contributed by atoms with Crippen LogP contribution in [0.4, 0.5) is 5.69 Å². The molecule has 0 heterocycles. The average Bonchev–Trinajstić information content (AvgIpc) is 2.26. The summed E-state index contributed by atoms with van der Waals surface area (Å²) in [4.78, 5) is 10.3. The van der Waals surface area contributed by atoms with Crippen LogP contribution in [0.15, 0.2) is 22.7 Å². The number of nitro benzene ring substituents is 1. The summed E-state index contributed by atoms with van der Waals surface area (Å²) in [6, 6.07) is 4.74. The van der Waals surface area contributed by atoms with Crippen molar-refractivity contribution in [3.63, 3.8) is 0 Å². The quantitative estimate of drug-likeness (QED) is 0.496. The predicted molar refractivity (Wildman–Crippen MR) is 64.8 cm³/mol. The maximum Gasteiger partial charge on any atom is 0.312 e. The standard InChI is InChI=1S/C10H13BrN2O3/c1-2-12-5-6-16-10-4-3-8(11)7-9(10)13(14)15/h3-4,7,12H,2,5-6H2,1H3. The first-order valence-corrected chi connectivity index (χ1v) is 5.72. The number of halogens is 1. The Hall–Kier alpha value is -1.14. The van der Waals surface area contributed by atoms with Crippen molar-refractivity contribution in [1.29, 1.82) is 0 Å². The molecule has 88 valence electrons. The number of benzene rings is 1. The third-order valence-electron chi connectivity index (χ3n) is 1.90. The molecule has 0 atom stereocenters. The molecule has 0 spiro atoms. The highest BCUT2D eigenvalue weighted by atomic mass is 79.9. The summed E-state index contributed by atoms with van der Waals surface area (Å²) in [6.07, 6.45) is 0. The van der Waals surface area contributed by atoms with Crippen molar-refractivity contribution in [2.24, 2.45) is 0 Å². The SMILES string of the molecule is CCNCCOc1ccc(Br)cc1[N+](=O)[O-]. The molecule has 0 bridgehead atoms. The maximum atomic E-state index is 10.8. The molecule has 0 aliphatic carbocycles. The minimum atomic E-state index is -0.451. The van der Waals surface area contributed by atoms with Gasteiger partial charge < -0.3 is 10.1 Å². The number of hydrogen-bond donors (Lipinski definition) is 1. The fourth-order valence-corrected chi connectivity index (χ4v) is 1.51. The Kier molecular flexibility index (Phi) is 5.21.